The Morgan fingerprint density at radius 3 is 1.79 bits per heavy atom. The molecule has 7 heteroatoms. The normalized spacial score (nSPS) is 12.5. The molecule has 0 spiro atoms. The molecule has 2 N–H and O–H groups in total. The van der Waals surface area contributed by atoms with Crippen LogP contribution in [0.5, 0.6) is 0 Å². The molecule has 0 aromatic carbocycles. The largest absolute Gasteiger partial charge is 0.464 e. The fraction of sp³-hybridized carbons (Fsp3) is 0.857. The predicted molar refractivity (Wildman–Crippen MR) is 52.2 cm³/mol. The van der Waals surface area contributed by atoms with Gasteiger partial charge in [-0.15, -0.1) is 0 Å². The van der Waals surface area contributed by atoms with Gasteiger partial charge in [0.15, 0.2) is 0 Å². The van der Waals surface area contributed by atoms with Crippen LogP contribution in [0.3, 0.4) is 0 Å². The zero-order valence-corrected chi connectivity index (χ0v) is 9.50. The van der Waals surface area contributed by atoms with Crippen LogP contribution in [0, 0.1) is 0 Å². The monoisotopic (exact) mass is 224 g/mol. The van der Waals surface area contributed by atoms with Crippen molar-refractivity contribution < 1.29 is 18.3 Å². The number of hydrogen-bond donors (Lipinski definition) is 2. The van der Waals surface area contributed by atoms with Crippen molar-refractivity contribution in [3.05, 3.63) is 0 Å². The Labute approximate surface area is 84.1 Å². The molecule has 0 bridgehead atoms. The highest BCUT2D eigenvalue weighted by atomic mass is 32.2. The first-order valence-electron chi connectivity index (χ1n) is 4.22. The molecule has 0 rings (SSSR count). The summed E-state index contributed by atoms with van der Waals surface area (Å²) in [5, 5.41) is 8.34. The smallest absolute Gasteiger partial charge is 0.419 e. The van der Waals surface area contributed by atoms with E-state index in [1.54, 1.807) is 27.7 Å². The second kappa shape index (κ2) is 4.61. The highest BCUT2D eigenvalue weighted by Crippen LogP contribution is 2.09. The molecule has 0 aromatic rings. The Morgan fingerprint density at radius 1 is 1.21 bits per heavy atom. The van der Waals surface area contributed by atoms with E-state index >= 15 is 0 Å². The molecule has 0 fully saturated rings. The Morgan fingerprint density at radius 2 is 1.57 bits per heavy atom. The fourth-order valence-electron chi connectivity index (χ4n) is 1.31. The molecule has 14 heavy (non-hydrogen) atoms. The van der Waals surface area contributed by atoms with E-state index in [1.807, 2.05) is 0 Å². The van der Waals surface area contributed by atoms with E-state index in [9.17, 15) is 13.2 Å². The van der Waals surface area contributed by atoms with Crippen LogP contribution in [-0.2, 0) is 10.2 Å². The molecule has 1 amide bonds. The third kappa shape index (κ3) is 3.51. The van der Waals surface area contributed by atoms with Crippen molar-refractivity contribution in [1.82, 2.24) is 9.03 Å². The number of nitrogens with zero attached hydrogens (tertiary/aromatic N) is 1. The Hall–Kier alpha value is -0.820. The van der Waals surface area contributed by atoms with E-state index in [4.69, 9.17) is 5.11 Å². The van der Waals surface area contributed by atoms with E-state index < -0.39 is 16.3 Å². The van der Waals surface area contributed by atoms with Gasteiger partial charge in [-0.2, -0.15) is 12.7 Å². The van der Waals surface area contributed by atoms with Gasteiger partial charge < -0.3 is 5.11 Å². The molecule has 0 aliphatic carbocycles. The maximum Gasteiger partial charge on any atom is 0.419 e. The summed E-state index contributed by atoms with van der Waals surface area (Å²) < 4.78 is 25.5. The quantitative estimate of drug-likeness (QED) is 0.732. The van der Waals surface area contributed by atoms with Crippen LogP contribution in [0.2, 0.25) is 0 Å². The van der Waals surface area contributed by atoms with Gasteiger partial charge in [0.1, 0.15) is 0 Å². The van der Waals surface area contributed by atoms with Gasteiger partial charge in [-0.25, -0.2) is 9.52 Å². The van der Waals surface area contributed by atoms with E-state index in [0.29, 0.717) is 0 Å². The lowest BCUT2D eigenvalue weighted by Gasteiger charge is -2.28. The molecular formula is C7H16N2O4S. The first-order chi connectivity index (χ1) is 6.18. The van der Waals surface area contributed by atoms with Crippen LogP contribution in [0.4, 0.5) is 4.79 Å². The van der Waals surface area contributed by atoms with Crippen molar-refractivity contribution >= 4 is 16.3 Å². The van der Waals surface area contributed by atoms with Crippen LogP contribution < -0.4 is 4.72 Å². The molecule has 0 aromatic heterocycles. The summed E-state index contributed by atoms with van der Waals surface area (Å²) >= 11 is 0. The van der Waals surface area contributed by atoms with Gasteiger partial charge in [0.2, 0.25) is 0 Å². The lowest BCUT2D eigenvalue weighted by atomic mass is 10.3. The van der Waals surface area contributed by atoms with Gasteiger partial charge >= 0.3 is 16.3 Å². The molecule has 0 heterocycles. The van der Waals surface area contributed by atoms with Crippen molar-refractivity contribution in [2.24, 2.45) is 0 Å². The molecule has 0 unspecified atom stereocenters. The lowest BCUT2D eigenvalue weighted by Crippen LogP contribution is -2.49. The maximum absolute atomic E-state index is 11.5. The first-order valence-corrected chi connectivity index (χ1v) is 5.66. The fourth-order valence-corrected chi connectivity index (χ4v) is 2.75. The maximum atomic E-state index is 11.5. The second-order valence-corrected chi connectivity index (χ2v) is 5.01. The summed E-state index contributed by atoms with van der Waals surface area (Å²) in [6.45, 7) is 6.73. The topological polar surface area (TPSA) is 86.7 Å². The molecule has 0 atom stereocenters. The highest BCUT2D eigenvalue weighted by Gasteiger charge is 2.28. The molecule has 0 saturated heterocycles. The van der Waals surface area contributed by atoms with Crippen molar-refractivity contribution in [1.29, 1.82) is 0 Å². The van der Waals surface area contributed by atoms with Crippen molar-refractivity contribution in [3.63, 3.8) is 0 Å². The number of carboxylic acid groups (broad SMARTS) is 1. The van der Waals surface area contributed by atoms with E-state index in [-0.39, 0.29) is 12.1 Å². The summed E-state index contributed by atoms with van der Waals surface area (Å²) in [5.74, 6) is 0. The zero-order chi connectivity index (χ0) is 11.5. The minimum atomic E-state index is -3.94. The highest BCUT2D eigenvalue weighted by molar-refractivity contribution is 7.87. The number of rotatable bonds is 4. The minimum absolute atomic E-state index is 0.285. The Kier molecular flexibility index (Phi) is 4.34. The average molecular weight is 224 g/mol. The third-order valence-electron chi connectivity index (χ3n) is 1.51. The molecule has 6 nitrogen and oxygen atoms in total. The number of nitrogens with one attached hydrogen (secondary N) is 1. The van der Waals surface area contributed by atoms with Crippen LogP contribution >= 0.6 is 0 Å². The van der Waals surface area contributed by atoms with Gasteiger partial charge in [-0.1, -0.05) is 0 Å². The van der Waals surface area contributed by atoms with Crippen molar-refractivity contribution in [2.45, 2.75) is 39.8 Å². The third-order valence-corrected chi connectivity index (χ3v) is 3.34. The second-order valence-electron chi connectivity index (χ2n) is 3.43. The summed E-state index contributed by atoms with van der Waals surface area (Å²) in [7, 11) is -3.94. The Bertz CT molecular complexity index is 289. The zero-order valence-electron chi connectivity index (χ0n) is 8.68. The number of amides is 1. The van der Waals surface area contributed by atoms with Crippen molar-refractivity contribution in [2.75, 3.05) is 0 Å². The minimum Gasteiger partial charge on any atom is -0.464 e. The van der Waals surface area contributed by atoms with Crippen LogP contribution in [0.25, 0.3) is 0 Å². The number of carbonyl (C=O) groups is 1. The molecular weight excluding hydrogens is 208 g/mol. The Balaban J connectivity index is 4.92. The summed E-state index contributed by atoms with van der Waals surface area (Å²) in [4.78, 5) is 10.2. The van der Waals surface area contributed by atoms with E-state index in [2.05, 4.69) is 0 Å². The average Bonchev–Trinajstić information content (AvgIpc) is 1.77. The van der Waals surface area contributed by atoms with Crippen molar-refractivity contribution in [3.8, 4) is 0 Å². The van der Waals surface area contributed by atoms with E-state index in [1.165, 1.54) is 4.72 Å². The lowest BCUT2D eigenvalue weighted by molar-refractivity contribution is 0.199. The predicted octanol–water partition coefficient (Wildman–Crippen LogP) is 0.618. The van der Waals surface area contributed by atoms with Crippen LogP contribution in [-0.4, -0.2) is 36.0 Å². The van der Waals surface area contributed by atoms with E-state index in [0.717, 1.165) is 4.31 Å². The van der Waals surface area contributed by atoms with Gasteiger partial charge in [-0.05, 0) is 27.7 Å². The van der Waals surface area contributed by atoms with Gasteiger partial charge in [-0.3, -0.25) is 0 Å². The standard InChI is InChI=1S/C7H16N2O4S/c1-5(2)9(6(3)4)14(12,13)8-7(10)11/h5-6,8H,1-4H3,(H,10,11). The SMILES string of the molecule is CC(C)N(C(C)C)S(=O)(=O)NC(=O)O. The molecule has 0 aliphatic heterocycles. The van der Waals surface area contributed by atoms with Gasteiger partial charge in [0.05, 0.1) is 0 Å². The van der Waals surface area contributed by atoms with Gasteiger partial charge in [0, 0.05) is 12.1 Å². The number of hydrogen-bond acceptors (Lipinski definition) is 3. The molecule has 0 radical (unpaired) electrons. The first kappa shape index (κ1) is 13.2. The molecule has 84 valence electrons. The molecule has 0 aliphatic rings. The van der Waals surface area contributed by atoms with Crippen LogP contribution in [0.1, 0.15) is 27.7 Å². The summed E-state index contributed by atoms with van der Waals surface area (Å²) in [6.07, 6.45) is -1.57. The summed E-state index contributed by atoms with van der Waals surface area (Å²) in [6, 6.07) is -0.571. The van der Waals surface area contributed by atoms with Crippen LogP contribution in [0.15, 0.2) is 0 Å². The molecule has 0 saturated carbocycles. The summed E-state index contributed by atoms with van der Waals surface area (Å²) in [5.41, 5.74) is 0. The van der Waals surface area contributed by atoms with Gasteiger partial charge in [0.25, 0.3) is 0 Å².